The van der Waals surface area contributed by atoms with Crippen molar-refractivity contribution in [3.63, 3.8) is 0 Å². The number of allylic oxidation sites excluding steroid dienone is 1. The van der Waals surface area contributed by atoms with Crippen LogP contribution in [-0.2, 0) is 0 Å². The molecular weight excluding hydrogens is 324 g/mol. The average molecular weight is 340 g/mol. The lowest BCUT2D eigenvalue weighted by Crippen LogP contribution is -2.31. The third kappa shape index (κ3) is 2.45. The zero-order valence-electron chi connectivity index (χ0n) is 13.9. The lowest BCUT2D eigenvalue weighted by atomic mass is 9.82. The highest BCUT2D eigenvalue weighted by molar-refractivity contribution is 5.78. The molecule has 0 aliphatic carbocycles. The van der Waals surface area contributed by atoms with Gasteiger partial charge in [0.25, 0.3) is 0 Å². The summed E-state index contributed by atoms with van der Waals surface area (Å²) in [5.41, 5.74) is 10.3. The molecule has 1 atom stereocenters. The van der Waals surface area contributed by atoms with E-state index >= 15 is 0 Å². The number of pyridine rings is 1. The summed E-state index contributed by atoms with van der Waals surface area (Å²) in [5.74, 6) is 0.198. The minimum atomic E-state index is -0.307. The topological polar surface area (TPSA) is 86.2 Å². The predicted molar refractivity (Wildman–Crippen MR) is 99.6 cm³/mol. The number of nitriles is 1. The number of nitrogens with zero attached hydrogens (tertiary/aromatic N) is 3. The van der Waals surface area contributed by atoms with Crippen LogP contribution in [-0.4, -0.2) is 10.1 Å². The maximum Gasteiger partial charge on any atom is 0.123 e. The molecular formula is C21H16N4O. The van der Waals surface area contributed by atoms with E-state index in [1.807, 2.05) is 53.4 Å². The van der Waals surface area contributed by atoms with Gasteiger partial charge in [0, 0.05) is 30.1 Å². The highest BCUT2D eigenvalue weighted by Crippen LogP contribution is 2.47. The molecule has 126 valence electrons. The monoisotopic (exact) mass is 340 g/mol. The molecule has 0 saturated carbocycles. The number of phenols is 1. The third-order valence-electron chi connectivity index (χ3n) is 4.55. The molecule has 2 aromatic carbocycles. The van der Waals surface area contributed by atoms with Gasteiger partial charge in [0.05, 0.1) is 17.3 Å². The largest absolute Gasteiger partial charge is 0.508 e. The van der Waals surface area contributed by atoms with Gasteiger partial charge in [-0.1, -0.05) is 24.3 Å². The Hall–Kier alpha value is -3.78. The second-order valence-electron chi connectivity index (χ2n) is 6.04. The van der Waals surface area contributed by atoms with E-state index in [0.29, 0.717) is 11.4 Å². The summed E-state index contributed by atoms with van der Waals surface area (Å²) in [6.45, 7) is 0. The van der Waals surface area contributed by atoms with Crippen LogP contribution >= 0.6 is 0 Å². The van der Waals surface area contributed by atoms with Gasteiger partial charge >= 0.3 is 0 Å². The molecule has 3 aromatic rings. The maximum absolute atomic E-state index is 10.1. The Balaban J connectivity index is 2.01. The van der Waals surface area contributed by atoms with E-state index in [1.165, 1.54) is 0 Å². The minimum absolute atomic E-state index is 0.145. The van der Waals surface area contributed by atoms with Crippen LogP contribution in [0, 0.1) is 11.3 Å². The van der Waals surface area contributed by atoms with Gasteiger partial charge < -0.3 is 10.8 Å². The van der Waals surface area contributed by atoms with Gasteiger partial charge in [0.2, 0.25) is 0 Å². The lowest BCUT2D eigenvalue weighted by Gasteiger charge is -2.36. The van der Waals surface area contributed by atoms with Crippen molar-refractivity contribution < 1.29 is 5.11 Å². The Kier molecular flexibility index (Phi) is 3.79. The fourth-order valence-corrected chi connectivity index (χ4v) is 3.40. The Morgan fingerprint density at radius 2 is 1.77 bits per heavy atom. The minimum Gasteiger partial charge on any atom is -0.508 e. The fraction of sp³-hybridized carbons (Fsp3) is 0.0476. The summed E-state index contributed by atoms with van der Waals surface area (Å²) in [6, 6.07) is 20.8. The summed E-state index contributed by atoms with van der Waals surface area (Å²) in [4.78, 5) is 5.87. The van der Waals surface area contributed by atoms with Crippen molar-refractivity contribution in [3.05, 3.63) is 95.6 Å². The van der Waals surface area contributed by atoms with Gasteiger partial charge in [-0.2, -0.15) is 5.26 Å². The number of aromatic hydroxyl groups is 1. The molecule has 2 heterocycles. The number of hydrogen-bond acceptors (Lipinski definition) is 5. The second kappa shape index (κ2) is 6.26. The van der Waals surface area contributed by atoms with Gasteiger partial charge in [0.15, 0.2) is 0 Å². The molecule has 4 rings (SSSR count). The number of fused-ring (bicyclic) bond motifs is 1. The van der Waals surface area contributed by atoms with Crippen molar-refractivity contribution in [2.75, 3.05) is 4.90 Å². The quantitative estimate of drug-likeness (QED) is 0.742. The van der Waals surface area contributed by atoms with E-state index in [1.54, 1.807) is 24.5 Å². The van der Waals surface area contributed by atoms with E-state index in [2.05, 4.69) is 11.1 Å². The molecule has 0 saturated heterocycles. The molecule has 0 bridgehead atoms. The summed E-state index contributed by atoms with van der Waals surface area (Å²) in [7, 11) is 0. The first-order valence-electron chi connectivity index (χ1n) is 8.18. The average Bonchev–Trinajstić information content (AvgIpc) is 2.68. The molecule has 0 fully saturated rings. The van der Waals surface area contributed by atoms with E-state index in [-0.39, 0.29) is 11.7 Å². The zero-order valence-corrected chi connectivity index (χ0v) is 13.9. The molecule has 26 heavy (non-hydrogen) atoms. The number of rotatable bonds is 2. The predicted octanol–water partition coefficient (Wildman–Crippen LogP) is 3.76. The Labute approximate surface area is 151 Å². The summed E-state index contributed by atoms with van der Waals surface area (Å²) < 4.78 is 0. The molecule has 5 nitrogen and oxygen atoms in total. The van der Waals surface area contributed by atoms with Crippen LogP contribution in [0.5, 0.6) is 5.75 Å². The summed E-state index contributed by atoms with van der Waals surface area (Å²) >= 11 is 0. The highest BCUT2D eigenvalue weighted by Gasteiger charge is 2.34. The van der Waals surface area contributed by atoms with Crippen LogP contribution in [0.1, 0.15) is 17.0 Å². The normalized spacial score (nSPS) is 16.1. The van der Waals surface area contributed by atoms with Crippen LogP contribution in [0.4, 0.5) is 11.4 Å². The molecule has 1 aromatic heterocycles. The van der Waals surface area contributed by atoms with Crippen molar-refractivity contribution in [2.24, 2.45) is 5.73 Å². The molecule has 0 spiro atoms. The van der Waals surface area contributed by atoms with Gasteiger partial charge in [-0.25, -0.2) is 0 Å². The second-order valence-corrected chi connectivity index (χ2v) is 6.04. The van der Waals surface area contributed by atoms with E-state index in [4.69, 9.17) is 5.73 Å². The molecule has 5 heteroatoms. The number of anilines is 2. The van der Waals surface area contributed by atoms with Crippen LogP contribution in [0.25, 0.3) is 0 Å². The molecule has 3 N–H and O–H groups in total. The number of para-hydroxylation sites is 1. The molecule has 1 aliphatic rings. The van der Waals surface area contributed by atoms with Crippen LogP contribution in [0.3, 0.4) is 0 Å². The van der Waals surface area contributed by atoms with Gasteiger partial charge in [-0.3, -0.25) is 9.88 Å². The fourth-order valence-electron chi connectivity index (χ4n) is 3.40. The summed E-state index contributed by atoms with van der Waals surface area (Å²) in [6.07, 6.45) is 3.40. The van der Waals surface area contributed by atoms with Crippen LogP contribution in [0.15, 0.2) is 84.5 Å². The van der Waals surface area contributed by atoms with Gasteiger partial charge in [-0.15, -0.1) is 0 Å². The smallest absolute Gasteiger partial charge is 0.123 e. The Morgan fingerprint density at radius 3 is 2.46 bits per heavy atom. The zero-order chi connectivity index (χ0) is 18.1. The number of aromatic nitrogens is 1. The summed E-state index contributed by atoms with van der Waals surface area (Å²) in [5, 5.41) is 19.9. The van der Waals surface area contributed by atoms with Crippen LogP contribution in [0.2, 0.25) is 0 Å². The molecule has 0 amide bonds. The SMILES string of the molecule is N#CC1=C(N)N(c2ccccc2)c2cc(O)ccc2[C@H]1c1ccncc1. The Morgan fingerprint density at radius 1 is 1.04 bits per heavy atom. The van der Waals surface area contributed by atoms with Crippen LogP contribution < -0.4 is 10.6 Å². The molecule has 1 aliphatic heterocycles. The van der Waals surface area contributed by atoms with Crippen molar-refractivity contribution in [2.45, 2.75) is 5.92 Å². The maximum atomic E-state index is 10.1. The lowest BCUT2D eigenvalue weighted by molar-refractivity contribution is 0.475. The Bertz CT molecular complexity index is 1020. The van der Waals surface area contributed by atoms with Gasteiger partial charge in [-0.05, 0) is 41.5 Å². The number of hydrogen-bond donors (Lipinski definition) is 2. The van der Waals surface area contributed by atoms with Crippen molar-refractivity contribution in [3.8, 4) is 11.8 Å². The number of nitrogens with two attached hydrogens (primary N) is 1. The highest BCUT2D eigenvalue weighted by atomic mass is 16.3. The third-order valence-corrected chi connectivity index (χ3v) is 4.55. The van der Waals surface area contributed by atoms with E-state index in [0.717, 1.165) is 22.5 Å². The van der Waals surface area contributed by atoms with Crippen molar-refractivity contribution >= 4 is 11.4 Å². The van der Waals surface area contributed by atoms with Gasteiger partial charge in [0.1, 0.15) is 11.6 Å². The molecule has 0 unspecified atom stereocenters. The van der Waals surface area contributed by atoms with E-state index < -0.39 is 0 Å². The van der Waals surface area contributed by atoms with Crippen molar-refractivity contribution in [1.82, 2.24) is 4.98 Å². The standard InChI is InChI=1S/C21H16N4O/c22-13-18-20(14-8-10-24-11-9-14)17-7-6-16(26)12-19(17)25(21(18)23)15-4-2-1-3-5-15/h1-12,20,26H,23H2/t20-/m1/s1. The molecule has 0 radical (unpaired) electrons. The first-order chi connectivity index (χ1) is 12.7. The number of phenolic OH excluding ortho intramolecular Hbond substituents is 1. The van der Waals surface area contributed by atoms with E-state index in [9.17, 15) is 10.4 Å². The first kappa shape index (κ1) is 15.7. The number of benzene rings is 2. The van der Waals surface area contributed by atoms with Crippen molar-refractivity contribution in [1.29, 1.82) is 5.26 Å². The first-order valence-corrected chi connectivity index (χ1v) is 8.18.